The Morgan fingerprint density at radius 3 is 1.73 bits per heavy atom. The highest BCUT2D eigenvalue weighted by Crippen LogP contribution is 2.33. The molecule has 2 aromatic rings. The maximum Gasteiger partial charge on any atom is 0.315 e. The normalized spacial score (nSPS) is 17.4. The first-order chi connectivity index (χ1) is 26.7. The fraction of sp³-hybridized carbons (Fsp3) is 0.581. The van der Waals surface area contributed by atoms with Gasteiger partial charge in [0.1, 0.15) is 0 Å². The van der Waals surface area contributed by atoms with E-state index in [0.29, 0.717) is 44.1 Å². The van der Waals surface area contributed by atoms with Crippen LogP contribution in [0.5, 0.6) is 0 Å². The molecule has 5 N–H and O–H groups in total. The predicted octanol–water partition coefficient (Wildman–Crippen LogP) is 6.33. The lowest BCUT2D eigenvalue weighted by molar-refractivity contribution is -0.122. The SMILES string of the molecule is CCN(CCCNC(=O)CCCCCNC(=O)CCCCCNC(=O)CCCCC1SCC2NC(=O)NC21)c1ccc(/C=C/c2ccc(N(C)C)cc2)cc1. The number of unbranched alkanes of at least 4 members (excludes halogenated alkanes) is 5. The first kappa shape index (κ1) is 43.5. The summed E-state index contributed by atoms with van der Waals surface area (Å²) in [5, 5.41) is 15.5. The van der Waals surface area contributed by atoms with Gasteiger partial charge in [0.15, 0.2) is 0 Å². The first-order valence-electron chi connectivity index (χ1n) is 20.5. The van der Waals surface area contributed by atoms with Crippen molar-refractivity contribution in [2.24, 2.45) is 0 Å². The number of amides is 5. The van der Waals surface area contributed by atoms with Crippen LogP contribution in [0.2, 0.25) is 0 Å². The molecule has 0 saturated carbocycles. The minimum atomic E-state index is -0.0574. The van der Waals surface area contributed by atoms with Crippen LogP contribution in [0.15, 0.2) is 48.5 Å². The summed E-state index contributed by atoms with van der Waals surface area (Å²) < 4.78 is 0. The smallest absolute Gasteiger partial charge is 0.315 e. The molecule has 3 atom stereocenters. The molecule has 3 unspecified atom stereocenters. The van der Waals surface area contributed by atoms with Crippen molar-refractivity contribution in [3.63, 3.8) is 0 Å². The third-order valence-corrected chi connectivity index (χ3v) is 11.8. The summed E-state index contributed by atoms with van der Waals surface area (Å²) in [5.41, 5.74) is 4.71. The van der Waals surface area contributed by atoms with Gasteiger partial charge in [0, 0.05) is 88.5 Å². The van der Waals surface area contributed by atoms with Crippen LogP contribution in [0, 0.1) is 0 Å². The maximum atomic E-state index is 12.4. The van der Waals surface area contributed by atoms with E-state index in [1.54, 1.807) is 0 Å². The minimum absolute atomic E-state index is 0.0574. The number of carbonyl (C=O) groups excluding carboxylic acids is 4. The van der Waals surface area contributed by atoms with Crippen molar-refractivity contribution < 1.29 is 19.2 Å². The number of thioether (sulfide) groups is 1. The molecule has 11 nitrogen and oxygen atoms in total. The average molecular weight is 776 g/mol. The summed E-state index contributed by atoms with van der Waals surface area (Å²) in [6, 6.07) is 17.5. The van der Waals surface area contributed by atoms with Crippen molar-refractivity contribution >= 4 is 59.0 Å². The molecule has 0 radical (unpaired) electrons. The average Bonchev–Trinajstić information content (AvgIpc) is 3.74. The molecule has 2 aromatic carbocycles. The Balaban J connectivity index is 0.920. The number of carbonyl (C=O) groups is 4. The van der Waals surface area contributed by atoms with Gasteiger partial charge in [-0.2, -0.15) is 11.8 Å². The zero-order chi connectivity index (χ0) is 39.3. The minimum Gasteiger partial charge on any atom is -0.378 e. The highest BCUT2D eigenvalue weighted by Gasteiger charge is 2.42. The van der Waals surface area contributed by atoms with Crippen LogP contribution in [0.1, 0.15) is 102 Å². The van der Waals surface area contributed by atoms with Crippen molar-refractivity contribution in [3.05, 3.63) is 59.7 Å². The molecule has 2 aliphatic heterocycles. The van der Waals surface area contributed by atoms with Crippen molar-refractivity contribution in [1.82, 2.24) is 26.6 Å². The standard InChI is InChI=1S/C43H65N7O4S/c1-4-50(36-26-22-34(23-27-36)19-18-33-20-24-35(25-21-33)49(2)3)31-13-30-46-40(52)16-8-6-11-28-44-39(51)15-7-5-12-29-45-41(53)17-10-9-14-38-42-37(32-55-38)47-43(54)48-42/h18-27,37-38,42H,4-17,28-32H2,1-3H3,(H,44,51)(H,45,53)(H,46,52)(H2,47,48,54)/b19-18+. The molecule has 2 heterocycles. The predicted molar refractivity (Wildman–Crippen MR) is 229 cm³/mol. The maximum absolute atomic E-state index is 12.4. The fourth-order valence-corrected chi connectivity index (χ4v) is 8.55. The second-order valence-corrected chi connectivity index (χ2v) is 16.2. The van der Waals surface area contributed by atoms with Crippen molar-refractivity contribution in [2.45, 2.75) is 108 Å². The van der Waals surface area contributed by atoms with Gasteiger partial charge in [0.25, 0.3) is 0 Å². The lowest BCUT2D eigenvalue weighted by Crippen LogP contribution is -2.36. The summed E-state index contributed by atoms with van der Waals surface area (Å²) in [5.74, 6) is 1.21. The third kappa shape index (κ3) is 16.2. The van der Waals surface area contributed by atoms with Crippen LogP contribution in [0.3, 0.4) is 0 Å². The molecule has 2 saturated heterocycles. The van der Waals surface area contributed by atoms with Crippen LogP contribution < -0.4 is 36.4 Å². The van der Waals surface area contributed by atoms with Crippen LogP contribution in [-0.2, 0) is 14.4 Å². The van der Waals surface area contributed by atoms with Crippen LogP contribution in [-0.4, -0.2) is 93.7 Å². The zero-order valence-corrected chi connectivity index (χ0v) is 34.2. The van der Waals surface area contributed by atoms with Crippen molar-refractivity contribution in [3.8, 4) is 0 Å². The molecule has 0 aliphatic carbocycles. The van der Waals surface area contributed by atoms with E-state index in [0.717, 1.165) is 88.6 Å². The molecule has 2 fully saturated rings. The Morgan fingerprint density at radius 1 is 0.691 bits per heavy atom. The summed E-state index contributed by atoms with van der Waals surface area (Å²) in [6.07, 6.45) is 14.7. The highest BCUT2D eigenvalue weighted by atomic mass is 32.2. The van der Waals surface area contributed by atoms with Crippen LogP contribution in [0.25, 0.3) is 12.2 Å². The van der Waals surface area contributed by atoms with E-state index in [2.05, 4.69) is 104 Å². The van der Waals surface area contributed by atoms with E-state index in [9.17, 15) is 19.2 Å². The van der Waals surface area contributed by atoms with E-state index in [-0.39, 0.29) is 35.8 Å². The number of benzene rings is 2. The quantitative estimate of drug-likeness (QED) is 0.0428. The molecule has 0 bridgehead atoms. The monoisotopic (exact) mass is 775 g/mol. The summed E-state index contributed by atoms with van der Waals surface area (Å²) in [6.45, 7) is 5.88. The van der Waals surface area contributed by atoms with Gasteiger partial charge in [-0.25, -0.2) is 4.79 Å². The molecule has 302 valence electrons. The van der Waals surface area contributed by atoms with E-state index < -0.39 is 0 Å². The van der Waals surface area contributed by atoms with Gasteiger partial charge in [-0.15, -0.1) is 0 Å². The number of nitrogens with zero attached hydrogens (tertiary/aromatic N) is 2. The van der Waals surface area contributed by atoms with Crippen molar-refractivity contribution in [2.75, 3.05) is 62.4 Å². The number of nitrogens with one attached hydrogen (secondary N) is 5. The Hall–Kier alpha value is -4.19. The fourth-order valence-electron chi connectivity index (χ4n) is 7.01. The Bertz CT molecular complexity index is 1500. The number of urea groups is 1. The summed E-state index contributed by atoms with van der Waals surface area (Å²) >= 11 is 1.91. The van der Waals surface area contributed by atoms with Gasteiger partial charge in [-0.3, -0.25) is 14.4 Å². The number of hydrogen-bond acceptors (Lipinski definition) is 7. The lowest BCUT2D eigenvalue weighted by Gasteiger charge is -2.23. The molecule has 0 aromatic heterocycles. The Kier molecular flexibility index (Phi) is 19.3. The van der Waals surface area contributed by atoms with E-state index in [1.807, 2.05) is 25.9 Å². The van der Waals surface area contributed by atoms with Crippen LogP contribution in [0.4, 0.5) is 16.2 Å². The first-order valence-corrected chi connectivity index (χ1v) is 21.6. The largest absolute Gasteiger partial charge is 0.378 e. The van der Waals surface area contributed by atoms with Gasteiger partial charge < -0.3 is 36.4 Å². The third-order valence-electron chi connectivity index (χ3n) is 10.3. The van der Waals surface area contributed by atoms with E-state index in [1.165, 1.54) is 16.9 Å². The van der Waals surface area contributed by atoms with E-state index in [4.69, 9.17) is 0 Å². The van der Waals surface area contributed by atoms with Crippen LogP contribution >= 0.6 is 11.8 Å². The van der Waals surface area contributed by atoms with Gasteiger partial charge in [0.2, 0.25) is 17.7 Å². The number of fused-ring (bicyclic) bond motifs is 1. The van der Waals surface area contributed by atoms with Gasteiger partial charge >= 0.3 is 6.03 Å². The second kappa shape index (κ2) is 24.3. The van der Waals surface area contributed by atoms with Gasteiger partial charge in [-0.05, 0) is 87.3 Å². The molecule has 0 spiro atoms. The number of anilines is 2. The van der Waals surface area contributed by atoms with Gasteiger partial charge in [-0.1, -0.05) is 55.7 Å². The molecule has 5 amide bonds. The van der Waals surface area contributed by atoms with Crippen molar-refractivity contribution in [1.29, 1.82) is 0 Å². The number of hydrogen-bond donors (Lipinski definition) is 5. The lowest BCUT2D eigenvalue weighted by atomic mass is 10.0. The second-order valence-electron chi connectivity index (χ2n) is 14.9. The summed E-state index contributed by atoms with van der Waals surface area (Å²) in [4.78, 5) is 52.6. The molecular weight excluding hydrogens is 711 g/mol. The molecule has 55 heavy (non-hydrogen) atoms. The highest BCUT2D eigenvalue weighted by molar-refractivity contribution is 8.00. The number of rotatable bonds is 26. The Labute approximate surface area is 333 Å². The molecule has 4 rings (SSSR count). The summed E-state index contributed by atoms with van der Waals surface area (Å²) in [7, 11) is 4.09. The van der Waals surface area contributed by atoms with Gasteiger partial charge in [0.05, 0.1) is 12.1 Å². The zero-order valence-electron chi connectivity index (χ0n) is 33.4. The molecule has 2 aliphatic rings. The topological polar surface area (TPSA) is 135 Å². The molecular formula is C43H65N7O4S. The molecule has 12 heteroatoms. The Morgan fingerprint density at radius 2 is 1.20 bits per heavy atom. The van der Waals surface area contributed by atoms with E-state index >= 15 is 0 Å².